The van der Waals surface area contributed by atoms with E-state index in [2.05, 4.69) is 21.2 Å². The first-order valence-corrected chi connectivity index (χ1v) is 8.05. The molecule has 1 amide bonds. The number of carbonyl (C=O) groups is 1. The maximum absolute atomic E-state index is 12.3. The Morgan fingerprint density at radius 3 is 2.72 bits per heavy atom. The SMILES string of the molecule is NCC1(C(=O)NCc2cc(Br)cs2)CCCCC1. The molecule has 1 aliphatic carbocycles. The zero-order valence-electron chi connectivity index (χ0n) is 10.4. The van der Waals surface area contributed by atoms with Gasteiger partial charge in [-0.25, -0.2) is 0 Å². The Labute approximate surface area is 120 Å². The molecule has 0 unspecified atom stereocenters. The molecule has 0 aromatic carbocycles. The van der Waals surface area contributed by atoms with Crippen molar-refractivity contribution in [1.82, 2.24) is 5.32 Å². The van der Waals surface area contributed by atoms with Gasteiger partial charge in [0.25, 0.3) is 0 Å². The number of hydrogen-bond donors (Lipinski definition) is 2. The van der Waals surface area contributed by atoms with E-state index in [-0.39, 0.29) is 11.3 Å². The Balaban J connectivity index is 1.93. The maximum atomic E-state index is 12.3. The van der Waals surface area contributed by atoms with Crippen LogP contribution < -0.4 is 11.1 Å². The second kappa shape index (κ2) is 6.17. The van der Waals surface area contributed by atoms with Crippen molar-refractivity contribution in [2.45, 2.75) is 38.6 Å². The van der Waals surface area contributed by atoms with E-state index >= 15 is 0 Å². The van der Waals surface area contributed by atoms with Gasteiger partial charge in [0.2, 0.25) is 5.91 Å². The Bertz CT molecular complexity index is 413. The van der Waals surface area contributed by atoms with Gasteiger partial charge in [-0.15, -0.1) is 11.3 Å². The second-order valence-electron chi connectivity index (χ2n) is 4.96. The van der Waals surface area contributed by atoms with Crippen LogP contribution in [0.1, 0.15) is 37.0 Å². The molecule has 2 rings (SSSR count). The zero-order valence-corrected chi connectivity index (χ0v) is 12.8. The van der Waals surface area contributed by atoms with Gasteiger partial charge in [-0.2, -0.15) is 0 Å². The fourth-order valence-electron chi connectivity index (χ4n) is 2.55. The van der Waals surface area contributed by atoms with Gasteiger partial charge in [-0.1, -0.05) is 19.3 Å². The van der Waals surface area contributed by atoms with Gasteiger partial charge in [0, 0.05) is 21.3 Å². The molecule has 0 radical (unpaired) electrons. The average molecular weight is 331 g/mol. The van der Waals surface area contributed by atoms with Crippen LogP contribution in [-0.4, -0.2) is 12.5 Å². The van der Waals surface area contributed by atoms with Crippen molar-refractivity contribution in [1.29, 1.82) is 0 Å². The van der Waals surface area contributed by atoms with E-state index in [9.17, 15) is 4.79 Å². The molecular weight excluding hydrogens is 312 g/mol. The Kier molecular flexibility index (Phi) is 4.81. The van der Waals surface area contributed by atoms with E-state index < -0.39 is 0 Å². The summed E-state index contributed by atoms with van der Waals surface area (Å²) in [4.78, 5) is 13.5. The predicted octanol–water partition coefficient (Wildman–Crippen LogP) is 3.04. The van der Waals surface area contributed by atoms with Gasteiger partial charge < -0.3 is 11.1 Å². The van der Waals surface area contributed by atoms with Crippen LogP contribution in [0.5, 0.6) is 0 Å². The van der Waals surface area contributed by atoms with Gasteiger partial charge >= 0.3 is 0 Å². The Morgan fingerprint density at radius 2 is 2.17 bits per heavy atom. The lowest BCUT2D eigenvalue weighted by molar-refractivity contribution is -0.132. The molecule has 1 fully saturated rings. The Morgan fingerprint density at radius 1 is 1.44 bits per heavy atom. The lowest BCUT2D eigenvalue weighted by Crippen LogP contribution is -2.46. The highest BCUT2D eigenvalue weighted by molar-refractivity contribution is 9.10. The fraction of sp³-hybridized carbons (Fsp3) is 0.615. The molecule has 1 aromatic rings. The van der Waals surface area contributed by atoms with E-state index in [1.54, 1.807) is 11.3 Å². The van der Waals surface area contributed by atoms with Crippen molar-refractivity contribution in [3.05, 3.63) is 20.8 Å². The molecule has 18 heavy (non-hydrogen) atoms. The van der Waals surface area contributed by atoms with E-state index in [4.69, 9.17) is 5.73 Å². The van der Waals surface area contributed by atoms with Crippen molar-refractivity contribution in [3.63, 3.8) is 0 Å². The third-order valence-electron chi connectivity index (χ3n) is 3.73. The van der Waals surface area contributed by atoms with Crippen LogP contribution in [-0.2, 0) is 11.3 Å². The minimum absolute atomic E-state index is 0.134. The van der Waals surface area contributed by atoms with E-state index in [1.807, 2.05) is 11.4 Å². The molecule has 1 aliphatic rings. The van der Waals surface area contributed by atoms with E-state index in [1.165, 1.54) is 11.3 Å². The molecule has 1 heterocycles. The Hall–Kier alpha value is -0.390. The summed E-state index contributed by atoms with van der Waals surface area (Å²) >= 11 is 5.07. The smallest absolute Gasteiger partial charge is 0.227 e. The number of hydrogen-bond acceptors (Lipinski definition) is 3. The highest BCUT2D eigenvalue weighted by Crippen LogP contribution is 2.35. The van der Waals surface area contributed by atoms with Crippen molar-refractivity contribution < 1.29 is 4.79 Å². The molecule has 3 N–H and O–H groups in total. The predicted molar refractivity (Wildman–Crippen MR) is 78.4 cm³/mol. The molecule has 0 saturated heterocycles. The molecule has 0 atom stereocenters. The molecule has 3 nitrogen and oxygen atoms in total. The van der Waals surface area contributed by atoms with Gasteiger partial charge in [-0.05, 0) is 34.8 Å². The molecular formula is C13H19BrN2OS. The van der Waals surface area contributed by atoms with Crippen molar-refractivity contribution >= 4 is 33.2 Å². The molecule has 1 aromatic heterocycles. The van der Waals surface area contributed by atoms with Crippen molar-refractivity contribution in [2.75, 3.05) is 6.54 Å². The first-order valence-electron chi connectivity index (χ1n) is 6.37. The molecule has 100 valence electrons. The van der Waals surface area contributed by atoms with Crippen LogP contribution >= 0.6 is 27.3 Å². The van der Waals surface area contributed by atoms with Crippen molar-refractivity contribution in [2.24, 2.45) is 11.1 Å². The third-order valence-corrected chi connectivity index (χ3v) is 5.43. The molecule has 0 spiro atoms. The van der Waals surface area contributed by atoms with Crippen LogP contribution in [0, 0.1) is 5.41 Å². The molecule has 1 saturated carbocycles. The van der Waals surface area contributed by atoms with Crippen LogP contribution in [0.3, 0.4) is 0 Å². The fourth-order valence-corrected chi connectivity index (χ4v) is 3.94. The summed E-state index contributed by atoms with van der Waals surface area (Å²) < 4.78 is 1.07. The number of carbonyl (C=O) groups excluding carboxylic acids is 1. The van der Waals surface area contributed by atoms with Crippen LogP contribution in [0.2, 0.25) is 0 Å². The number of nitrogens with two attached hydrogens (primary N) is 1. The first kappa shape index (κ1) is 14.0. The number of halogens is 1. The quantitative estimate of drug-likeness (QED) is 0.891. The molecule has 5 heteroatoms. The first-order chi connectivity index (χ1) is 8.66. The largest absolute Gasteiger partial charge is 0.351 e. The summed E-state index contributed by atoms with van der Waals surface area (Å²) in [6.07, 6.45) is 5.34. The molecule has 0 aliphatic heterocycles. The number of amides is 1. The second-order valence-corrected chi connectivity index (χ2v) is 6.87. The average Bonchev–Trinajstić information content (AvgIpc) is 2.82. The van der Waals surface area contributed by atoms with Gasteiger partial charge in [0.05, 0.1) is 12.0 Å². The minimum Gasteiger partial charge on any atom is -0.351 e. The number of nitrogens with one attached hydrogen (secondary N) is 1. The zero-order chi connectivity index (χ0) is 13.0. The summed E-state index contributed by atoms with van der Waals surface area (Å²) in [6, 6.07) is 2.04. The van der Waals surface area contributed by atoms with Gasteiger partial charge in [0.1, 0.15) is 0 Å². The number of rotatable bonds is 4. The summed E-state index contributed by atoms with van der Waals surface area (Å²) in [6.45, 7) is 1.07. The number of thiophene rings is 1. The van der Waals surface area contributed by atoms with Crippen LogP contribution in [0.25, 0.3) is 0 Å². The normalized spacial score (nSPS) is 18.6. The summed E-state index contributed by atoms with van der Waals surface area (Å²) in [5.41, 5.74) is 5.53. The minimum atomic E-state index is -0.313. The van der Waals surface area contributed by atoms with Crippen molar-refractivity contribution in [3.8, 4) is 0 Å². The standard InChI is InChI=1S/C13H19BrN2OS/c14-10-6-11(18-8-10)7-16-12(17)13(9-15)4-2-1-3-5-13/h6,8H,1-5,7,9,15H2,(H,16,17). The summed E-state index contributed by atoms with van der Waals surface area (Å²) in [5, 5.41) is 5.07. The topological polar surface area (TPSA) is 55.1 Å². The lowest BCUT2D eigenvalue weighted by Gasteiger charge is -2.34. The van der Waals surface area contributed by atoms with Gasteiger partial charge in [-0.3, -0.25) is 4.79 Å². The van der Waals surface area contributed by atoms with E-state index in [0.717, 1.165) is 30.2 Å². The summed E-state index contributed by atoms with van der Waals surface area (Å²) in [7, 11) is 0. The highest BCUT2D eigenvalue weighted by Gasteiger charge is 2.37. The van der Waals surface area contributed by atoms with E-state index in [0.29, 0.717) is 13.1 Å². The van der Waals surface area contributed by atoms with Gasteiger partial charge in [0.15, 0.2) is 0 Å². The highest BCUT2D eigenvalue weighted by atomic mass is 79.9. The van der Waals surface area contributed by atoms with Crippen LogP contribution in [0.4, 0.5) is 0 Å². The summed E-state index contributed by atoms with van der Waals surface area (Å²) in [5.74, 6) is 0.134. The maximum Gasteiger partial charge on any atom is 0.227 e. The monoisotopic (exact) mass is 330 g/mol. The molecule has 0 bridgehead atoms. The third kappa shape index (κ3) is 3.13. The van der Waals surface area contributed by atoms with Crippen LogP contribution in [0.15, 0.2) is 15.9 Å². The lowest BCUT2D eigenvalue weighted by atomic mass is 9.73.